The van der Waals surface area contributed by atoms with Crippen LogP contribution in [-0.2, 0) is 6.42 Å². The molecule has 1 saturated heterocycles. The van der Waals surface area contributed by atoms with Gasteiger partial charge in [0.15, 0.2) is 5.82 Å². The molecule has 1 aliphatic rings. The van der Waals surface area contributed by atoms with E-state index in [0.29, 0.717) is 18.4 Å². The number of benzene rings is 1. The molecule has 0 bridgehead atoms. The van der Waals surface area contributed by atoms with Crippen molar-refractivity contribution in [3.63, 3.8) is 0 Å². The molecule has 0 radical (unpaired) electrons. The van der Waals surface area contributed by atoms with Gasteiger partial charge in [-0.25, -0.2) is 0 Å². The predicted molar refractivity (Wildman–Crippen MR) is 85.2 cm³/mol. The van der Waals surface area contributed by atoms with E-state index in [4.69, 9.17) is 16.1 Å². The van der Waals surface area contributed by atoms with Crippen LogP contribution in [0.25, 0.3) is 0 Å². The molecule has 2 atom stereocenters. The van der Waals surface area contributed by atoms with E-state index in [-0.39, 0.29) is 12.4 Å². The molecule has 1 fully saturated rings. The highest BCUT2D eigenvalue weighted by Crippen LogP contribution is 2.26. The lowest BCUT2D eigenvalue weighted by molar-refractivity contribution is 0.294. The number of nitrogens with one attached hydrogen (secondary N) is 1. The Morgan fingerprint density at radius 2 is 2.10 bits per heavy atom. The number of rotatable bonds is 3. The summed E-state index contributed by atoms with van der Waals surface area (Å²) in [6, 6.07) is 8.26. The second-order valence-corrected chi connectivity index (χ2v) is 5.86. The van der Waals surface area contributed by atoms with Crippen molar-refractivity contribution >= 4 is 24.0 Å². The quantitative estimate of drug-likeness (QED) is 0.935. The van der Waals surface area contributed by atoms with E-state index in [1.54, 1.807) is 0 Å². The molecule has 0 amide bonds. The maximum Gasteiger partial charge on any atom is 0.229 e. The van der Waals surface area contributed by atoms with Crippen LogP contribution in [0.1, 0.15) is 43.0 Å². The van der Waals surface area contributed by atoms with Crippen LogP contribution in [0.4, 0.5) is 0 Å². The fourth-order valence-electron chi connectivity index (χ4n) is 2.65. The predicted octanol–water partition coefficient (Wildman–Crippen LogP) is 3.59. The first-order valence-corrected chi connectivity index (χ1v) is 7.39. The molecule has 2 aromatic rings. The molecule has 6 heteroatoms. The van der Waals surface area contributed by atoms with E-state index in [2.05, 4.69) is 22.4 Å². The van der Waals surface area contributed by atoms with Crippen molar-refractivity contribution in [2.75, 3.05) is 6.54 Å². The summed E-state index contributed by atoms with van der Waals surface area (Å²) in [6.45, 7) is 3.21. The van der Waals surface area contributed by atoms with Crippen LogP contribution in [0.15, 0.2) is 28.8 Å². The van der Waals surface area contributed by atoms with Gasteiger partial charge in [0.1, 0.15) is 0 Å². The molecule has 1 aromatic carbocycles. The van der Waals surface area contributed by atoms with E-state index in [1.807, 2.05) is 24.3 Å². The molecular weight excluding hydrogens is 309 g/mol. The molecule has 0 spiro atoms. The van der Waals surface area contributed by atoms with Crippen molar-refractivity contribution in [3.05, 3.63) is 46.6 Å². The zero-order valence-electron chi connectivity index (χ0n) is 11.9. The van der Waals surface area contributed by atoms with Crippen molar-refractivity contribution in [1.29, 1.82) is 0 Å². The summed E-state index contributed by atoms with van der Waals surface area (Å²) in [7, 11) is 0. The van der Waals surface area contributed by atoms with Crippen molar-refractivity contribution in [2.24, 2.45) is 0 Å². The maximum atomic E-state index is 5.88. The largest absolute Gasteiger partial charge is 0.339 e. The van der Waals surface area contributed by atoms with Gasteiger partial charge < -0.3 is 9.84 Å². The smallest absolute Gasteiger partial charge is 0.229 e. The fraction of sp³-hybridized carbons (Fsp3) is 0.467. The van der Waals surface area contributed by atoms with Gasteiger partial charge in [0.2, 0.25) is 5.89 Å². The van der Waals surface area contributed by atoms with Crippen LogP contribution in [0.5, 0.6) is 0 Å². The Kier molecular flexibility index (Phi) is 5.62. The molecule has 114 valence electrons. The van der Waals surface area contributed by atoms with E-state index >= 15 is 0 Å². The summed E-state index contributed by atoms with van der Waals surface area (Å²) in [5.74, 6) is 1.91. The van der Waals surface area contributed by atoms with Crippen molar-refractivity contribution < 1.29 is 4.52 Å². The van der Waals surface area contributed by atoms with Crippen molar-refractivity contribution in [1.82, 2.24) is 15.5 Å². The third-order valence-corrected chi connectivity index (χ3v) is 3.98. The monoisotopic (exact) mass is 327 g/mol. The Labute approximate surface area is 135 Å². The lowest BCUT2D eigenvalue weighted by Crippen LogP contribution is -2.34. The van der Waals surface area contributed by atoms with Crippen molar-refractivity contribution in [3.8, 4) is 0 Å². The summed E-state index contributed by atoms with van der Waals surface area (Å²) in [5.41, 5.74) is 1.14. The van der Waals surface area contributed by atoms with Gasteiger partial charge in [-0.3, -0.25) is 0 Å². The molecule has 2 heterocycles. The number of piperidine rings is 1. The molecule has 3 rings (SSSR count). The Balaban J connectivity index is 0.00000161. The summed E-state index contributed by atoms with van der Waals surface area (Å²) in [5, 5.41) is 8.27. The van der Waals surface area contributed by atoms with Gasteiger partial charge in [0, 0.05) is 23.4 Å². The van der Waals surface area contributed by atoms with Crippen LogP contribution in [0.3, 0.4) is 0 Å². The van der Waals surface area contributed by atoms with Crippen LogP contribution in [0, 0.1) is 0 Å². The molecule has 0 saturated carbocycles. The van der Waals surface area contributed by atoms with E-state index in [0.717, 1.165) is 41.7 Å². The van der Waals surface area contributed by atoms with Crippen LogP contribution in [0.2, 0.25) is 5.02 Å². The lowest BCUT2D eigenvalue weighted by atomic mass is 9.93. The Bertz CT molecular complexity index is 571. The minimum Gasteiger partial charge on any atom is -0.339 e. The summed E-state index contributed by atoms with van der Waals surface area (Å²) in [4.78, 5) is 4.55. The van der Waals surface area contributed by atoms with Crippen LogP contribution < -0.4 is 5.32 Å². The normalized spacial score (nSPS) is 21.8. The van der Waals surface area contributed by atoms with E-state index < -0.39 is 0 Å². The fourth-order valence-corrected chi connectivity index (χ4v) is 2.77. The zero-order valence-corrected chi connectivity index (χ0v) is 13.5. The molecular formula is C15H19Cl2N3O. The zero-order chi connectivity index (χ0) is 13.9. The number of aromatic nitrogens is 2. The molecule has 0 aliphatic carbocycles. The third kappa shape index (κ3) is 4.19. The molecule has 1 N–H and O–H groups in total. The highest BCUT2D eigenvalue weighted by Gasteiger charge is 2.24. The van der Waals surface area contributed by atoms with E-state index in [9.17, 15) is 0 Å². The average molecular weight is 328 g/mol. The SMILES string of the molecule is C[C@H]1C[C@@H](c2nc(Cc3ccc(Cl)cc3)no2)CCN1.Cl. The first-order valence-electron chi connectivity index (χ1n) is 7.01. The Morgan fingerprint density at radius 1 is 1.33 bits per heavy atom. The highest BCUT2D eigenvalue weighted by atomic mass is 35.5. The molecule has 21 heavy (non-hydrogen) atoms. The molecule has 1 aliphatic heterocycles. The first-order chi connectivity index (χ1) is 9.70. The van der Waals surface area contributed by atoms with Gasteiger partial charge in [-0.15, -0.1) is 12.4 Å². The van der Waals surface area contributed by atoms with Gasteiger partial charge in [0.05, 0.1) is 0 Å². The van der Waals surface area contributed by atoms with Gasteiger partial charge in [-0.2, -0.15) is 4.98 Å². The number of nitrogens with zero attached hydrogens (tertiary/aromatic N) is 2. The minimum absolute atomic E-state index is 0. The lowest BCUT2D eigenvalue weighted by Gasteiger charge is -2.25. The number of halogens is 2. The second kappa shape index (κ2) is 7.25. The number of hydrogen-bond acceptors (Lipinski definition) is 4. The molecule has 4 nitrogen and oxygen atoms in total. The summed E-state index contributed by atoms with van der Waals surface area (Å²) >= 11 is 5.88. The summed E-state index contributed by atoms with van der Waals surface area (Å²) < 4.78 is 5.43. The van der Waals surface area contributed by atoms with Gasteiger partial charge in [-0.05, 0) is 44.0 Å². The van der Waals surface area contributed by atoms with Crippen LogP contribution >= 0.6 is 24.0 Å². The molecule has 0 unspecified atom stereocenters. The minimum atomic E-state index is 0. The first kappa shape index (κ1) is 16.3. The maximum absolute atomic E-state index is 5.88. The van der Waals surface area contributed by atoms with Crippen LogP contribution in [-0.4, -0.2) is 22.7 Å². The topological polar surface area (TPSA) is 51.0 Å². The van der Waals surface area contributed by atoms with Gasteiger partial charge in [-0.1, -0.05) is 28.9 Å². The summed E-state index contributed by atoms with van der Waals surface area (Å²) in [6.07, 6.45) is 2.80. The van der Waals surface area contributed by atoms with Gasteiger partial charge >= 0.3 is 0 Å². The standard InChI is InChI=1S/C15H18ClN3O.ClH/c1-10-8-12(6-7-17-10)15-18-14(19-20-15)9-11-2-4-13(16)5-3-11;/h2-5,10,12,17H,6-9H2,1H3;1H/t10-,12-;/m0./s1. The molecule has 1 aromatic heterocycles. The van der Waals surface area contributed by atoms with Gasteiger partial charge in [0.25, 0.3) is 0 Å². The van der Waals surface area contributed by atoms with Crippen molar-refractivity contribution in [2.45, 2.75) is 38.1 Å². The Morgan fingerprint density at radius 3 is 2.81 bits per heavy atom. The van der Waals surface area contributed by atoms with E-state index in [1.165, 1.54) is 0 Å². The third-order valence-electron chi connectivity index (χ3n) is 3.73. The average Bonchev–Trinajstić information content (AvgIpc) is 2.90. The Hall–Kier alpha value is -1.10. The number of hydrogen-bond donors (Lipinski definition) is 1. The second-order valence-electron chi connectivity index (χ2n) is 5.43. The highest BCUT2D eigenvalue weighted by molar-refractivity contribution is 6.30.